The first-order valence-corrected chi connectivity index (χ1v) is 24.3. The van der Waals surface area contributed by atoms with Crippen molar-refractivity contribution in [3.05, 3.63) is 61.7 Å². The lowest BCUT2D eigenvalue weighted by Gasteiger charge is -2.35. The van der Waals surface area contributed by atoms with Crippen molar-refractivity contribution in [3.8, 4) is 23.1 Å². The van der Waals surface area contributed by atoms with E-state index >= 15 is 0 Å². The van der Waals surface area contributed by atoms with Gasteiger partial charge in [-0.25, -0.2) is 15.2 Å². The van der Waals surface area contributed by atoms with E-state index in [-0.39, 0.29) is 54.1 Å². The smallest absolute Gasteiger partial charge is 0.298 e. The van der Waals surface area contributed by atoms with Gasteiger partial charge in [0, 0.05) is 72.7 Å². The molecule has 0 spiro atoms. The number of nitrogens with one attached hydrogen (secondary N) is 2. The Morgan fingerprint density at radius 2 is 2.01 bits per heavy atom. The van der Waals surface area contributed by atoms with E-state index in [9.17, 15) is 19.3 Å². The lowest BCUT2D eigenvalue weighted by molar-refractivity contribution is -0.720. The molecule has 6 bridgehead atoms. The van der Waals surface area contributed by atoms with Gasteiger partial charge < -0.3 is 24.3 Å². The van der Waals surface area contributed by atoms with Crippen molar-refractivity contribution in [2.45, 2.75) is 131 Å². The number of allylic oxidation sites excluding steroid dienone is 2. The summed E-state index contributed by atoms with van der Waals surface area (Å²) in [6, 6.07) is 4.85. The van der Waals surface area contributed by atoms with Gasteiger partial charge in [-0.1, -0.05) is 32.8 Å². The van der Waals surface area contributed by atoms with Crippen molar-refractivity contribution in [2.75, 3.05) is 40.4 Å². The Hall–Kier alpha value is -5.29. The van der Waals surface area contributed by atoms with E-state index in [0.717, 1.165) is 58.5 Å². The summed E-state index contributed by atoms with van der Waals surface area (Å²) in [7, 11) is 3.27. The van der Waals surface area contributed by atoms with Crippen molar-refractivity contribution >= 4 is 51.7 Å². The third-order valence-corrected chi connectivity index (χ3v) is 14.3. The number of hydroxylamine groups is 2. The van der Waals surface area contributed by atoms with E-state index in [1.807, 2.05) is 18.5 Å². The summed E-state index contributed by atoms with van der Waals surface area (Å²) in [6.45, 7) is 17.8. The Morgan fingerprint density at radius 3 is 2.75 bits per heavy atom. The molecule has 3 fully saturated rings. The van der Waals surface area contributed by atoms with Crippen LogP contribution in [0.4, 0.5) is 0 Å². The topological polar surface area (TPSA) is 169 Å². The quantitative estimate of drug-likeness (QED) is 0.0876. The molecule has 7 atom stereocenters. The Morgan fingerprint density at radius 1 is 1.22 bits per heavy atom. The van der Waals surface area contributed by atoms with Crippen molar-refractivity contribution in [3.63, 3.8) is 0 Å². The van der Waals surface area contributed by atoms with Crippen LogP contribution in [0.5, 0.6) is 0 Å². The second-order valence-electron chi connectivity index (χ2n) is 19.3. The van der Waals surface area contributed by atoms with Crippen LogP contribution in [0.3, 0.4) is 0 Å². The maximum absolute atomic E-state index is 14.7. The van der Waals surface area contributed by atoms with Gasteiger partial charge in [-0.15, -0.1) is 21.4 Å². The fourth-order valence-corrected chi connectivity index (χ4v) is 10.8. The van der Waals surface area contributed by atoms with Crippen molar-refractivity contribution in [2.24, 2.45) is 16.3 Å². The summed E-state index contributed by atoms with van der Waals surface area (Å²) in [5.41, 5.74) is 11.1. The normalized spacial score (nSPS) is 25.4. The molecule has 5 aliphatic rings. The Labute approximate surface area is 397 Å². The first kappa shape index (κ1) is 48.2. The number of thiazole rings is 1. The van der Waals surface area contributed by atoms with Gasteiger partial charge in [-0.3, -0.25) is 24.4 Å². The third kappa shape index (κ3) is 9.86. The van der Waals surface area contributed by atoms with Gasteiger partial charge in [0.05, 0.1) is 53.3 Å². The Kier molecular flexibility index (Phi) is 14.2. The molecule has 2 unspecified atom stereocenters. The molecule has 358 valence electrons. The maximum atomic E-state index is 14.7. The number of nitroso groups, excluding NO2 is 1. The lowest BCUT2D eigenvalue weighted by Crippen LogP contribution is -2.60. The van der Waals surface area contributed by atoms with E-state index in [4.69, 9.17) is 24.3 Å². The number of aliphatic imine (C=N–C) groups is 1. The van der Waals surface area contributed by atoms with E-state index in [2.05, 4.69) is 73.0 Å². The molecule has 3 saturated heterocycles. The summed E-state index contributed by atoms with van der Waals surface area (Å²) in [5, 5.41) is 11.4. The van der Waals surface area contributed by atoms with Gasteiger partial charge in [0.2, 0.25) is 0 Å². The zero-order chi connectivity index (χ0) is 47.9. The van der Waals surface area contributed by atoms with Crippen LogP contribution in [-0.4, -0.2) is 130 Å². The van der Waals surface area contributed by atoms with E-state index < -0.39 is 24.4 Å². The van der Waals surface area contributed by atoms with Crippen LogP contribution in [0.1, 0.15) is 97.3 Å². The third-order valence-electron chi connectivity index (χ3n) is 13.5. The molecule has 0 radical (unpaired) electrons. The van der Waals surface area contributed by atoms with Crippen molar-refractivity contribution in [1.82, 2.24) is 40.3 Å². The summed E-state index contributed by atoms with van der Waals surface area (Å²) in [4.78, 5) is 74.3. The summed E-state index contributed by atoms with van der Waals surface area (Å²) >= 11 is 1.44. The van der Waals surface area contributed by atoms with Crippen molar-refractivity contribution in [1.29, 1.82) is 0 Å². The number of nitrogens with zero attached hydrogens (tertiary/aromatic N) is 8. The molecule has 5 aliphatic heterocycles. The summed E-state index contributed by atoms with van der Waals surface area (Å²) < 4.78 is 14.8. The number of carbonyl (C=O) groups is 3. The van der Waals surface area contributed by atoms with E-state index in [1.54, 1.807) is 49.9 Å². The number of methoxy groups -OCH3 is 1. The highest BCUT2D eigenvalue weighted by atomic mass is 32.1. The van der Waals surface area contributed by atoms with Gasteiger partial charge in [-0.2, -0.15) is 0 Å². The fraction of sp³-hybridized carbons (Fsp3) is 0.571. The number of hydrogen-bond donors (Lipinski definition) is 2. The molecule has 67 heavy (non-hydrogen) atoms. The molecule has 1 aromatic carbocycles. The number of likely N-dealkylation sites (N-methyl/N-ethyl adjacent to an activating group) is 1. The largest absolute Gasteiger partial charge is 0.375 e. The first-order valence-electron chi connectivity index (χ1n) is 23.5. The van der Waals surface area contributed by atoms with Gasteiger partial charge in [0.15, 0.2) is 5.70 Å². The van der Waals surface area contributed by atoms with Gasteiger partial charge in [0.1, 0.15) is 17.1 Å². The zero-order valence-corrected chi connectivity index (χ0v) is 41.3. The van der Waals surface area contributed by atoms with Gasteiger partial charge in [0.25, 0.3) is 30.2 Å². The standard InChI is InChI=1S/C49H64N10O7S/c1-11-15-42(60)55-25-30(5)39(26-55)59(63)54(9)44(29(3)4)46(61)52-36-23-41-51-37(27-67-41)32-18-19-38-34(22-32)35(45(56(38)12-2)33-16-13-20-50-43(33)31(6)64-10)24-49(7,8)28-65-48-58(66-48)40-17-14-21-57(53-40)47(36)62/h18-20,22,27,30-31,36,39-40,48,53H,12-14,16-17,21,23-26,28H2,1-10H3/p+1/t30-,31-,36-,39+,40+,48?,58?/m0/s1. The number of carbonyl (C=O) groups excluding carboxylic acids is 3. The minimum absolute atomic E-state index is 0.104. The number of hydrazine groups is 2. The number of aromatic nitrogens is 2. The van der Waals surface area contributed by atoms with Crippen LogP contribution in [0.15, 0.2) is 45.5 Å². The average Bonchev–Trinajstić information content (AvgIpc) is 3.59. The van der Waals surface area contributed by atoms with Gasteiger partial charge in [-0.05, 0) is 101 Å². The highest BCUT2D eigenvalue weighted by Gasteiger charge is 2.48. The molecule has 2 aromatic heterocycles. The molecule has 0 aliphatic carbocycles. The number of benzene rings is 1. The highest BCUT2D eigenvalue weighted by Crippen LogP contribution is 2.42. The van der Waals surface area contributed by atoms with Crippen LogP contribution in [0.25, 0.3) is 27.7 Å². The second-order valence-corrected chi connectivity index (χ2v) is 20.2. The molecular formula is C49H65N10O7S+. The lowest BCUT2D eigenvalue weighted by atomic mass is 9.83. The molecule has 17 nitrogen and oxygen atoms in total. The first-order chi connectivity index (χ1) is 32.0. The van der Waals surface area contributed by atoms with Crippen LogP contribution >= 0.6 is 11.3 Å². The molecule has 2 N–H and O–H groups in total. The molecule has 3 amide bonds. The number of aryl methyl sites for hydroxylation is 1. The monoisotopic (exact) mass is 937 g/mol. The summed E-state index contributed by atoms with van der Waals surface area (Å²) in [6.07, 6.45) is 4.77. The van der Waals surface area contributed by atoms with Gasteiger partial charge >= 0.3 is 0 Å². The molecular weight excluding hydrogens is 873 g/mol. The Bertz CT molecular complexity index is 2600. The highest BCUT2D eigenvalue weighted by molar-refractivity contribution is 7.10. The van der Waals surface area contributed by atoms with Crippen LogP contribution in [0, 0.1) is 28.1 Å². The number of likely N-dealkylation sites (tertiary alicyclic amines) is 1. The minimum atomic E-state index is -1.05. The number of rotatable bonds is 9. The minimum Gasteiger partial charge on any atom is -0.375 e. The summed E-state index contributed by atoms with van der Waals surface area (Å²) in [5.74, 6) is 3.75. The predicted molar refractivity (Wildman–Crippen MR) is 256 cm³/mol. The zero-order valence-electron chi connectivity index (χ0n) is 40.5. The predicted octanol–water partition coefficient (Wildman–Crippen LogP) is 5.80. The Balaban J connectivity index is 1.15. The number of amides is 3. The SMILES string of the molecule is CC#CC(=O)N1C[C@@H]([N+](=O)N(C)C(C(=O)N[C@H]2Cc3nc(cs3)-c3ccc4c(c3)c(c(C3=C([C@H](C)OC)N=CCC3)n4CC)CC(C)(C)COC3ON3[C@@H]3CCCN(N3)C2=O)=C(C)C)[C@@H](C)C1. The average molecular weight is 938 g/mol. The fourth-order valence-electron chi connectivity index (χ4n) is 9.99. The van der Waals surface area contributed by atoms with E-state index in [1.165, 1.54) is 33.2 Å². The molecule has 8 rings (SSSR count). The van der Waals surface area contributed by atoms with Crippen LogP contribution in [0.2, 0.25) is 0 Å². The molecule has 7 heterocycles. The number of hydrogen-bond acceptors (Lipinski definition) is 12. The van der Waals surface area contributed by atoms with E-state index in [0.29, 0.717) is 43.1 Å². The number of ether oxygens (including phenoxy) is 2. The molecule has 18 heteroatoms. The molecule has 0 saturated carbocycles. The van der Waals surface area contributed by atoms with Crippen LogP contribution in [-0.2, 0) is 48.1 Å². The maximum Gasteiger partial charge on any atom is 0.298 e. The van der Waals surface area contributed by atoms with Crippen LogP contribution < -0.4 is 10.7 Å². The van der Waals surface area contributed by atoms with Crippen molar-refractivity contribution < 1.29 is 33.6 Å². The number of fused-ring (bicyclic) bond motifs is 8. The molecule has 3 aromatic rings. The second kappa shape index (κ2) is 19.7.